The van der Waals surface area contributed by atoms with Crippen LogP contribution in [0.15, 0.2) is 176 Å². The molecule has 10 aromatic rings. The standard InChI is InChI=1S/C46H29N5/c1-3-14-30(15-4-1)31-26-28-32(29-27-31)43-48-44(39-23-13-22-38-36-19-8-7-18-34(36)35-20-9-10-21-37(35)42(38)39)50-45(49-43)46-47-40-24-11-12-25-41(40)51(46)33-16-5-2-6-17-33/h1-29H. The van der Waals surface area contributed by atoms with E-state index in [2.05, 4.69) is 138 Å². The van der Waals surface area contributed by atoms with Crippen LogP contribution in [0.1, 0.15) is 0 Å². The van der Waals surface area contributed by atoms with Gasteiger partial charge in [-0.3, -0.25) is 4.57 Å². The Hall–Kier alpha value is -6.98. The van der Waals surface area contributed by atoms with Crippen molar-refractivity contribution in [3.8, 4) is 51.2 Å². The summed E-state index contributed by atoms with van der Waals surface area (Å²) in [5.41, 5.74) is 6.98. The lowest BCUT2D eigenvalue weighted by Gasteiger charge is -2.15. The normalized spacial score (nSPS) is 11.5. The van der Waals surface area contributed by atoms with Gasteiger partial charge >= 0.3 is 0 Å². The van der Waals surface area contributed by atoms with Crippen LogP contribution in [0.5, 0.6) is 0 Å². The van der Waals surface area contributed by atoms with Gasteiger partial charge in [0, 0.05) is 22.2 Å². The summed E-state index contributed by atoms with van der Waals surface area (Å²) in [6, 6.07) is 61.0. The van der Waals surface area contributed by atoms with E-state index in [4.69, 9.17) is 19.9 Å². The number of imidazole rings is 1. The average molecular weight is 652 g/mol. The van der Waals surface area contributed by atoms with Gasteiger partial charge in [0.25, 0.3) is 0 Å². The summed E-state index contributed by atoms with van der Waals surface area (Å²) >= 11 is 0. The second-order valence-electron chi connectivity index (χ2n) is 12.7. The fourth-order valence-corrected chi connectivity index (χ4v) is 7.32. The zero-order chi connectivity index (χ0) is 33.7. The molecule has 0 atom stereocenters. The summed E-state index contributed by atoms with van der Waals surface area (Å²) in [5.74, 6) is 2.34. The molecule has 0 aliphatic rings. The minimum Gasteiger partial charge on any atom is -0.290 e. The van der Waals surface area contributed by atoms with E-state index >= 15 is 0 Å². The molecular weight excluding hydrogens is 623 g/mol. The molecule has 238 valence electrons. The van der Waals surface area contributed by atoms with E-state index in [0.29, 0.717) is 23.3 Å². The molecular formula is C46H29N5. The molecule has 51 heavy (non-hydrogen) atoms. The van der Waals surface area contributed by atoms with Crippen molar-refractivity contribution >= 4 is 43.4 Å². The predicted octanol–water partition coefficient (Wildman–Crippen LogP) is 11.3. The van der Waals surface area contributed by atoms with E-state index < -0.39 is 0 Å². The summed E-state index contributed by atoms with van der Waals surface area (Å²) in [4.78, 5) is 20.8. The number of fused-ring (bicyclic) bond motifs is 7. The van der Waals surface area contributed by atoms with Gasteiger partial charge < -0.3 is 0 Å². The van der Waals surface area contributed by atoms with E-state index in [9.17, 15) is 0 Å². The van der Waals surface area contributed by atoms with E-state index in [1.54, 1.807) is 0 Å². The largest absolute Gasteiger partial charge is 0.290 e. The maximum atomic E-state index is 5.28. The summed E-state index contributed by atoms with van der Waals surface area (Å²) in [5, 5.41) is 7.06. The molecule has 5 heteroatoms. The van der Waals surface area contributed by atoms with Crippen molar-refractivity contribution in [3.05, 3.63) is 176 Å². The first-order chi connectivity index (χ1) is 25.3. The maximum absolute atomic E-state index is 5.28. The van der Waals surface area contributed by atoms with Gasteiger partial charge in [0.05, 0.1) is 11.0 Å². The highest BCUT2D eigenvalue weighted by Gasteiger charge is 2.21. The first kappa shape index (κ1) is 29.0. The van der Waals surface area contributed by atoms with Gasteiger partial charge in [-0.25, -0.2) is 19.9 Å². The van der Waals surface area contributed by atoms with Gasteiger partial charge in [0.2, 0.25) is 0 Å². The van der Waals surface area contributed by atoms with Crippen molar-refractivity contribution in [1.82, 2.24) is 24.5 Å². The van der Waals surface area contributed by atoms with Crippen LogP contribution >= 0.6 is 0 Å². The van der Waals surface area contributed by atoms with E-state index in [1.807, 2.05) is 42.5 Å². The van der Waals surface area contributed by atoms with Gasteiger partial charge in [-0.1, -0.05) is 152 Å². The highest BCUT2D eigenvalue weighted by atomic mass is 15.1. The third-order valence-electron chi connectivity index (χ3n) is 9.67. The van der Waals surface area contributed by atoms with Gasteiger partial charge in [0.15, 0.2) is 23.3 Å². The maximum Gasteiger partial charge on any atom is 0.200 e. The molecule has 0 fully saturated rings. The molecule has 0 saturated carbocycles. The van der Waals surface area contributed by atoms with Crippen LogP contribution in [0.3, 0.4) is 0 Å². The smallest absolute Gasteiger partial charge is 0.200 e. The van der Waals surface area contributed by atoms with Crippen LogP contribution in [-0.2, 0) is 0 Å². The van der Waals surface area contributed by atoms with Crippen LogP contribution in [0.2, 0.25) is 0 Å². The second-order valence-corrected chi connectivity index (χ2v) is 12.7. The number of aromatic nitrogens is 5. The summed E-state index contributed by atoms with van der Waals surface area (Å²) in [6.45, 7) is 0. The van der Waals surface area contributed by atoms with E-state index in [-0.39, 0.29) is 0 Å². The van der Waals surface area contributed by atoms with Crippen LogP contribution in [0.4, 0.5) is 0 Å². The van der Waals surface area contributed by atoms with Gasteiger partial charge in [0.1, 0.15) is 0 Å². The monoisotopic (exact) mass is 651 g/mol. The predicted molar refractivity (Wildman–Crippen MR) is 209 cm³/mol. The number of hydrogen-bond acceptors (Lipinski definition) is 4. The average Bonchev–Trinajstić information content (AvgIpc) is 3.61. The van der Waals surface area contributed by atoms with Crippen molar-refractivity contribution < 1.29 is 0 Å². The molecule has 0 amide bonds. The molecule has 8 aromatic carbocycles. The van der Waals surface area contributed by atoms with Gasteiger partial charge in [-0.15, -0.1) is 0 Å². The lowest BCUT2D eigenvalue weighted by molar-refractivity contribution is 1.01. The van der Waals surface area contributed by atoms with E-state index in [0.717, 1.165) is 55.1 Å². The topological polar surface area (TPSA) is 56.5 Å². The van der Waals surface area contributed by atoms with Crippen molar-refractivity contribution in [3.63, 3.8) is 0 Å². The SMILES string of the molecule is c1ccc(-c2ccc(-c3nc(-c4cccc5c6ccccc6c6ccccc6c45)nc(-c4nc5ccccc5n4-c4ccccc4)n3)cc2)cc1. The van der Waals surface area contributed by atoms with Crippen molar-refractivity contribution in [1.29, 1.82) is 0 Å². The van der Waals surface area contributed by atoms with Crippen LogP contribution in [0, 0.1) is 0 Å². The molecule has 0 aliphatic carbocycles. The minimum absolute atomic E-state index is 0.504. The lowest BCUT2D eigenvalue weighted by Crippen LogP contribution is -2.05. The molecule has 0 unspecified atom stereocenters. The van der Waals surface area contributed by atoms with E-state index in [1.165, 1.54) is 16.2 Å². The minimum atomic E-state index is 0.504. The molecule has 0 spiro atoms. The molecule has 5 nitrogen and oxygen atoms in total. The Morgan fingerprint density at radius 1 is 0.333 bits per heavy atom. The molecule has 0 radical (unpaired) electrons. The second kappa shape index (κ2) is 11.9. The third-order valence-corrected chi connectivity index (χ3v) is 9.67. The van der Waals surface area contributed by atoms with Crippen LogP contribution < -0.4 is 0 Å². The first-order valence-corrected chi connectivity index (χ1v) is 17.1. The van der Waals surface area contributed by atoms with Gasteiger partial charge in [-0.05, 0) is 62.3 Å². The third kappa shape index (κ3) is 4.86. The molecule has 2 heterocycles. The highest BCUT2D eigenvalue weighted by Crippen LogP contribution is 2.40. The number of benzene rings is 8. The lowest BCUT2D eigenvalue weighted by atomic mass is 9.91. The Kier molecular flexibility index (Phi) is 6.74. The van der Waals surface area contributed by atoms with Crippen molar-refractivity contribution in [2.75, 3.05) is 0 Å². The van der Waals surface area contributed by atoms with Crippen molar-refractivity contribution in [2.24, 2.45) is 0 Å². The number of nitrogens with zero attached hydrogens (tertiary/aromatic N) is 5. The van der Waals surface area contributed by atoms with Crippen LogP contribution in [0.25, 0.3) is 94.6 Å². The Bertz CT molecular complexity index is 2850. The Labute approximate surface area is 294 Å². The number of para-hydroxylation sites is 3. The zero-order valence-electron chi connectivity index (χ0n) is 27.5. The summed E-state index contributed by atoms with van der Waals surface area (Å²) in [6.07, 6.45) is 0. The van der Waals surface area contributed by atoms with Crippen molar-refractivity contribution in [2.45, 2.75) is 0 Å². The molecule has 10 rings (SSSR count). The number of rotatable bonds is 5. The fraction of sp³-hybridized carbons (Fsp3) is 0. The Morgan fingerprint density at radius 2 is 0.843 bits per heavy atom. The Balaban J connectivity index is 1.27. The fourth-order valence-electron chi connectivity index (χ4n) is 7.32. The quantitative estimate of drug-likeness (QED) is 0.174. The molecule has 0 bridgehead atoms. The first-order valence-electron chi connectivity index (χ1n) is 17.1. The molecule has 0 N–H and O–H groups in total. The number of hydrogen-bond donors (Lipinski definition) is 0. The van der Waals surface area contributed by atoms with Gasteiger partial charge in [-0.2, -0.15) is 0 Å². The summed E-state index contributed by atoms with van der Waals surface area (Å²) < 4.78 is 2.14. The summed E-state index contributed by atoms with van der Waals surface area (Å²) in [7, 11) is 0. The zero-order valence-corrected chi connectivity index (χ0v) is 27.5. The molecule has 2 aromatic heterocycles. The molecule has 0 saturated heterocycles. The Morgan fingerprint density at radius 3 is 1.57 bits per heavy atom. The highest BCUT2D eigenvalue weighted by molar-refractivity contribution is 6.28. The molecule has 0 aliphatic heterocycles. The van der Waals surface area contributed by atoms with Crippen LogP contribution in [-0.4, -0.2) is 24.5 Å².